The van der Waals surface area contributed by atoms with E-state index in [1.54, 1.807) is 0 Å². The molecular weight excluding hydrogens is 244 g/mol. The summed E-state index contributed by atoms with van der Waals surface area (Å²) in [5.74, 6) is 6.14. The molecule has 106 valence electrons. The summed E-state index contributed by atoms with van der Waals surface area (Å²) in [4.78, 5) is 12.5. The molecule has 1 fully saturated rings. The van der Waals surface area contributed by atoms with Crippen molar-refractivity contribution in [1.82, 2.24) is 15.0 Å². The first-order chi connectivity index (χ1) is 9.00. The first-order valence-corrected chi connectivity index (χ1v) is 6.64. The van der Waals surface area contributed by atoms with Gasteiger partial charge in [-0.1, -0.05) is 13.3 Å². The second-order valence-electron chi connectivity index (χ2n) is 5.59. The second kappa shape index (κ2) is 5.56. The Bertz CT molecular complexity index is 432. The molecule has 1 aromatic rings. The summed E-state index contributed by atoms with van der Waals surface area (Å²) in [7, 11) is 0. The molecule has 0 saturated heterocycles. The van der Waals surface area contributed by atoms with Crippen LogP contribution in [0.4, 0.5) is 11.9 Å². The highest BCUT2D eigenvalue weighted by Crippen LogP contribution is 2.40. The van der Waals surface area contributed by atoms with Crippen molar-refractivity contribution in [3.63, 3.8) is 0 Å². The summed E-state index contributed by atoms with van der Waals surface area (Å²) in [5.41, 5.74) is 2.77. The molecular formula is C12H22N6O. The Kier molecular flexibility index (Phi) is 4.04. The van der Waals surface area contributed by atoms with E-state index in [1.807, 2.05) is 13.8 Å². The van der Waals surface area contributed by atoms with Crippen molar-refractivity contribution in [3.05, 3.63) is 0 Å². The number of nitrogens with one attached hydrogen (secondary N) is 2. The fourth-order valence-corrected chi connectivity index (χ4v) is 2.01. The van der Waals surface area contributed by atoms with Gasteiger partial charge in [-0.2, -0.15) is 15.0 Å². The van der Waals surface area contributed by atoms with Crippen LogP contribution >= 0.6 is 0 Å². The minimum atomic E-state index is 0.00465. The number of anilines is 2. The maximum atomic E-state index is 5.47. The molecule has 1 aliphatic rings. The quantitative estimate of drug-likeness (QED) is 0.530. The third-order valence-electron chi connectivity index (χ3n) is 3.32. The van der Waals surface area contributed by atoms with Crippen molar-refractivity contribution in [2.75, 3.05) is 17.3 Å². The highest BCUT2D eigenvalue weighted by atomic mass is 16.5. The molecule has 1 heterocycles. The number of hydrazine groups is 1. The lowest BCUT2D eigenvalue weighted by Gasteiger charge is -2.38. The van der Waals surface area contributed by atoms with Crippen molar-refractivity contribution in [1.29, 1.82) is 0 Å². The number of hydrogen-bond acceptors (Lipinski definition) is 7. The maximum Gasteiger partial charge on any atom is 0.323 e. The van der Waals surface area contributed by atoms with Gasteiger partial charge in [0.15, 0.2) is 0 Å². The van der Waals surface area contributed by atoms with E-state index in [-0.39, 0.29) is 12.1 Å². The highest BCUT2D eigenvalue weighted by molar-refractivity contribution is 5.35. The Morgan fingerprint density at radius 2 is 1.95 bits per heavy atom. The number of hydrogen-bond donors (Lipinski definition) is 3. The van der Waals surface area contributed by atoms with Crippen LogP contribution in [0.5, 0.6) is 6.01 Å². The van der Waals surface area contributed by atoms with Gasteiger partial charge in [-0.25, -0.2) is 5.84 Å². The predicted octanol–water partition coefficient (Wildman–Crippen LogP) is 1.55. The van der Waals surface area contributed by atoms with Crippen LogP contribution in [0.15, 0.2) is 0 Å². The zero-order chi connectivity index (χ0) is 13.9. The van der Waals surface area contributed by atoms with E-state index in [1.165, 1.54) is 19.3 Å². The van der Waals surface area contributed by atoms with Crippen LogP contribution in [-0.2, 0) is 0 Å². The minimum absolute atomic E-state index is 0.00465. The summed E-state index contributed by atoms with van der Waals surface area (Å²) in [6.07, 6.45) is 3.78. The SMILES string of the molecule is CC(C)Oc1nc(NN)nc(NCC2(C)CCC2)n1. The smallest absolute Gasteiger partial charge is 0.323 e. The number of aromatic nitrogens is 3. The summed E-state index contributed by atoms with van der Waals surface area (Å²) in [6.45, 7) is 6.95. The molecule has 1 saturated carbocycles. The molecule has 4 N–H and O–H groups in total. The average molecular weight is 266 g/mol. The molecule has 0 radical (unpaired) electrons. The molecule has 7 heteroatoms. The van der Waals surface area contributed by atoms with Crippen LogP contribution in [0.1, 0.15) is 40.0 Å². The van der Waals surface area contributed by atoms with Gasteiger partial charge in [0.25, 0.3) is 0 Å². The topological polar surface area (TPSA) is 98.0 Å². The van der Waals surface area contributed by atoms with Crippen molar-refractivity contribution >= 4 is 11.9 Å². The lowest BCUT2D eigenvalue weighted by molar-refractivity contribution is 0.179. The van der Waals surface area contributed by atoms with Crippen LogP contribution in [0.25, 0.3) is 0 Å². The Morgan fingerprint density at radius 3 is 2.47 bits per heavy atom. The predicted molar refractivity (Wildman–Crippen MR) is 73.8 cm³/mol. The summed E-state index contributed by atoms with van der Waals surface area (Å²) >= 11 is 0. The molecule has 0 atom stereocenters. The van der Waals surface area contributed by atoms with Gasteiger partial charge in [-0.05, 0) is 32.1 Å². The number of nitrogens with zero attached hydrogens (tertiary/aromatic N) is 3. The van der Waals surface area contributed by atoms with E-state index in [9.17, 15) is 0 Å². The second-order valence-corrected chi connectivity index (χ2v) is 5.59. The summed E-state index contributed by atoms with van der Waals surface area (Å²) < 4.78 is 5.47. The Hall–Kier alpha value is -1.63. The van der Waals surface area contributed by atoms with Gasteiger partial charge in [0.1, 0.15) is 0 Å². The number of rotatable bonds is 6. The third-order valence-corrected chi connectivity index (χ3v) is 3.32. The lowest BCUT2D eigenvalue weighted by Crippen LogP contribution is -2.33. The first kappa shape index (κ1) is 13.8. The lowest BCUT2D eigenvalue weighted by atomic mass is 9.70. The largest absolute Gasteiger partial charge is 0.461 e. The minimum Gasteiger partial charge on any atom is -0.461 e. The molecule has 0 amide bonds. The van der Waals surface area contributed by atoms with Gasteiger partial charge in [-0.15, -0.1) is 0 Å². The van der Waals surface area contributed by atoms with Crippen LogP contribution < -0.4 is 21.3 Å². The zero-order valence-electron chi connectivity index (χ0n) is 11.7. The third kappa shape index (κ3) is 3.66. The van der Waals surface area contributed by atoms with Gasteiger partial charge in [0, 0.05) is 6.54 Å². The molecule has 0 aliphatic heterocycles. The Morgan fingerprint density at radius 1 is 1.26 bits per heavy atom. The molecule has 2 rings (SSSR count). The van der Waals surface area contributed by atoms with Gasteiger partial charge >= 0.3 is 6.01 Å². The van der Waals surface area contributed by atoms with Crippen molar-refractivity contribution in [3.8, 4) is 6.01 Å². The summed E-state index contributed by atoms with van der Waals surface area (Å²) in [5, 5.41) is 3.24. The molecule has 1 aliphatic carbocycles. The van der Waals surface area contributed by atoms with E-state index in [0.717, 1.165) is 6.54 Å². The molecule has 0 unspecified atom stereocenters. The Balaban J connectivity index is 2.05. The molecule has 7 nitrogen and oxygen atoms in total. The van der Waals surface area contributed by atoms with Crippen molar-refractivity contribution in [2.45, 2.75) is 46.1 Å². The fourth-order valence-electron chi connectivity index (χ4n) is 2.01. The van der Waals surface area contributed by atoms with E-state index in [2.05, 4.69) is 32.6 Å². The summed E-state index contributed by atoms with van der Waals surface area (Å²) in [6, 6.07) is 0.277. The molecule has 19 heavy (non-hydrogen) atoms. The van der Waals surface area contributed by atoms with E-state index in [0.29, 0.717) is 17.3 Å². The fraction of sp³-hybridized carbons (Fsp3) is 0.750. The zero-order valence-corrected chi connectivity index (χ0v) is 11.7. The van der Waals surface area contributed by atoms with Crippen molar-refractivity contribution in [2.24, 2.45) is 11.3 Å². The molecule has 0 aromatic carbocycles. The van der Waals surface area contributed by atoms with E-state index >= 15 is 0 Å². The van der Waals surface area contributed by atoms with Crippen LogP contribution in [0.3, 0.4) is 0 Å². The highest BCUT2D eigenvalue weighted by Gasteiger charge is 2.31. The standard InChI is InChI=1S/C12H22N6O/c1-8(2)19-11-16-9(15-10(17-11)18-13)14-7-12(3)5-4-6-12/h8H,4-7,13H2,1-3H3,(H2,14,15,16,17,18). The first-order valence-electron chi connectivity index (χ1n) is 6.64. The van der Waals surface area contributed by atoms with E-state index in [4.69, 9.17) is 10.6 Å². The van der Waals surface area contributed by atoms with Gasteiger partial charge in [-0.3, -0.25) is 5.43 Å². The average Bonchev–Trinajstić information content (AvgIpc) is 2.33. The van der Waals surface area contributed by atoms with Crippen LogP contribution in [0.2, 0.25) is 0 Å². The maximum absolute atomic E-state index is 5.47. The normalized spacial score (nSPS) is 16.9. The molecule has 0 spiro atoms. The van der Waals surface area contributed by atoms with Crippen molar-refractivity contribution < 1.29 is 4.74 Å². The number of nitrogens with two attached hydrogens (primary N) is 1. The van der Waals surface area contributed by atoms with Gasteiger partial charge in [0.05, 0.1) is 6.10 Å². The van der Waals surface area contributed by atoms with E-state index < -0.39 is 0 Å². The van der Waals surface area contributed by atoms with Crippen LogP contribution in [0, 0.1) is 5.41 Å². The van der Waals surface area contributed by atoms with Gasteiger partial charge < -0.3 is 10.1 Å². The van der Waals surface area contributed by atoms with Gasteiger partial charge in [0.2, 0.25) is 11.9 Å². The monoisotopic (exact) mass is 266 g/mol. The molecule has 1 aromatic heterocycles. The van der Waals surface area contributed by atoms with Crippen LogP contribution in [-0.4, -0.2) is 27.6 Å². The molecule has 0 bridgehead atoms. The number of nitrogen functional groups attached to an aromatic ring is 1. The Labute approximate surface area is 113 Å². The number of ether oxygens (including phenoxy) is 1.